The Hall–Kier alpha value is -3.67. The van der Waals surface area contributed by atoms with Crippen LogP contribution in [0.4, 0.5) is 11.8 Å². The van der Waals surface area contributed by atoms with Crippen molar-refractivity contribution < 1.29 is 17.9 Å². The van der Waals surface area contributed by atoms with E-state index in [1.807, 2.05) is 20.8 Å². The van der Waals surface area contributed by atoms with Crippen LogP contribution < -0.4 is 14.8 Å². The first kappa shape index (κ1) is 24.5. The number of nitrogens with one attached hydrogen (secondary N) is 2. The van der Waals surface area contributed by atoms with Crippen molar-refractivity contribution in [1.82, 2.24) is 24.9 Å². The largest absolute Gasteiger partial charge is 0.477 e. The van der Waals surface area contributed by atoms with Crippen molar-refractivity contribution in [3.63, 3.8) is 0 Å². The van der Waals surface area contributed by atoms with Gasteiger partial charge in [0.1, 0.15) is 5.82 Å². The number of rotatable bonds is 10. The molecule has 3 heterocycles. The van der Waals surface area contributed by atoms with Crippen molar-refractivity contribution in [2.75, 3.05) is 16.6 Å². The van der Waals surface area contributed by atoms with Gasteiger partial charge in [0.15, 0.2) is 0 Å². The van der Waals surface area contributed by atoms with E-state index in [1.165, 1.54) is 12.4 Å². The van der Waals surface area contributed by atoms with E-state index in [1.54, 1.807) is 30.6 Å². The number of ether oxygens (including phenoxy) is 1. The summed E-state index contributed by atoms with van der Waals surface area (Å²) >= 11 is 0. The van der Waals surface area contributed by atoms with Crippen LogP contribution in [-0.4, -0.2) is 51.1 Å². The van der Waals surface area contributed by atoms with Crippen LogP contribution in [0.1, 0.15) is 45.2 Å². The highest BCUT2D eigenvalue weighted by atomic mass is 32.2. The Balaban J connectivity index is 1.48. The number of anilines is 2. The number of nitrogens with zero attached hydrogens (tertiary/aromatic N) is 5. The zero-order valence-electron chi connectivity index (χ0n) is 19.7. The van der Waals surface area contributed by atoms with Crippen LogP contribution in [0.25, 0.3) is 11.3 Å². The number of aromatic nitrogens is 5. The molecule has 1 unspecified atom stereocenters. The van der Waals surface area contributed by atoms with Gasteiger partial charge in [0, 0.05) is 18.0 Å². The lowest BCUT2D eigenvalue weighted by atomic mass is 9.91. The minimum absolute atomic E-state index is 0.0364. The maximum Gasteiger partial charge on any atom is 0.237 e. The molecular weight excluding hydrogens is 470 g/mol. The predicted molar refractivity (Wildman–Crippen MR) is 130 cm³/mol. The van der Waals surface area contributed by atoms with Gasteiger partial charge in [0.25, 0.3) is 0 Å². The molecule has 1 aliphatic carbocycles. The van der Waals surface area contributed by atoms with Crippen LogP contribution in [0.3, 0.4) is 0 Å². The molecular formula is C23H27N7O4S. The minimum atomic E-state index is -3.51. The Kier molecular flexibility index (Phi) is 7.20. The second kappa shape index (κ2) is 10.3. The average Bonchev–Trinajstić information content (AvgIpc) is 3.66. The highest BCUT2D eigenvalue weighted by Crippen LogP contribution is 2.30. The van der Waals surface area contributed by atoms with Gasteiger partial charge >= 0.3 is 0 Å². The molecule has 0 saturated heterocycles. The summed E-state index contributed by atoms with van der Waals surface area (Å²) in [6, 6.07) is 5.07. The summed E-state index contributed by atoms with van der Waals surface area (Å²) < 4.78 is 32.3. The van der Waals surface area contributed by atoms with Gasteiger partial charge in [0.05, 0.1) is 41.6 Å². The van der Waals surface area contributed by atoms with E-state index >= 15 is 0 Å². The number of hydrogen-bond acceptors (Lipinski definition) is 9. The maximum absolute atomic E-state index is 13.2. The highest BCUT2D eigenvalue weighted by Gasteiger charge is 2.36. The number of pyridine rings is 1. The molecule has 4 rings (SSSR count). The van der Waals surface area contributed by atoms with E-state index in [4.69, 9.17) is 4.74 Å². The lowest BCUT2D eigenvalue weighted by Crippen LogP contribution is -2.27. The smallest absolute Gasteiger partial charge is 0.237 e. The van der Waals surface area contributed by atoms with Gasteiger partial charge in [-0.15, -0.1) is 0 Å². The zero-order chi connectivity index (χ0) is 25.0. The summed E-state index contributed by atoms with van der Waals surface area (Å²) in [5, 5.41) is 2.42. The molecule has 0 aliphatic heterocycles. The molecule has 1 fully saturated rings. The van der Waals surface area contributed by atoms with Gasteiger partial charge in [-0.05, 0) is 43.9 Å². The van der Waals surface area contributed by atoms with Crippen molar-refractivity contribution in [2.24, 2.45) is 5.92 Å². The molecule has 3 aromatic rings. The molecule has 1 aliphatic rings. The summed E-state index contributed by atoms with van der Waals surface area (Å²) in [5.74, 6) is -0.322. The fourth-order valence-electron chi connectivity index (χ4n) is 3.49. The van der Waals surface area contributed by atoms with Crippen molar-refractivity contribution >= 4 is 27.7 Å². The van der Waals surface area contributed by atoms with Gasteiger partial charge < -0.3 is 10.1 Å². The van der Waals surface area contributed by atoms with Gasteiger partial charge in [-0.1, -0.05) is 13.8 Å². The van der Waals surface area contributed by atoms with Gasteiger partial charge in [-0.3, -0.25) is 14.5 Å². The topological polar surface area (TPSA) is 149 Å². The molecule has 184 valence electrons. The van der Waals surface area contributed by atoms with Gasteiger partial charge in [-0.25, -0.2) is 28.4 Å². The Labute approximate surface area is 203 Å². The maximum atomic E-state index is 13.2. The first-order valence-electron chi connectivity index (χ1n) is 11.3. The number of carbonyl (C=O) groups excluding carboxylic acids is 1. The second-order valence-corrected chi connectivity index (χ2v) is 10.4. The van der Waals surface area contributed by atoms with E-state index in [9.17, 15) is 13.2 Å². The van der Waals surface area contributed by atoms with E-state index in [0.29, 0.717) is 42.5 Å². The normalized spacial score (nSPS) is 14.4. The molecule has 1 saturated carbocycles. The number of hydrogen-bond donors (Lipinski definition) is 2. The van der Waals surface area contributed by atoms with Crippen LogP contribution >= 0.6 is 0 Å². The summed E-state index contributed by atoms with van der Waals surface area (Å²) in [6.07, 6.45) is 7.44. The lowest BCUT2D eigenvalue weighted by Gasteiger charge is -2.20. The zero-order valence-corrected chi connectivity index (χ0v) is 20.5. The third-order valence-electron chi connectivity index (χ3n) is 5.36. The Morgan fingerprint density at radius 1 is 1.11 bits per heavy atom. The molecule has 0 bridgehead atoms. The van der Waals surface area contributed by atoms with Crippen molar-refractivity contribution in [3.8, 4) is 17.1 Å². The van der Waals surface area contributed by atoms with Gasteiger partial charge in [0.2, 0.25) is 27.8 Å². The Morgan fingerprint density at radius 2 is 1.91 bits per heavy atom. The molecule has 0 spiro atoms. The summed E-state index contributed by atoms with van der Waals surface area (Å²) in [4.78, 5) is 34.3. The first-order valence-corrected chi connectivity index (χ1v) is 12.9. The standard InChI is InChI=1S/C23H27N7O4S/c1-4-34-20-13-24-12-18(27-20)15-5-8-19(26-11-15)29-22(31)21(14(2)3)17-9-10-25-23(28-17)30-35(32,33)16-6-7-16/h5,8-14,16,21H,4,6-7H2,1-3H3,(H,25,28,30)(H,26,29,31). The van der Waals surface area contributed by atoms with Crippen LogP contribution in [0.2, 0.25) is 0 Å². The Morgan fingerprint density at radius 3 is 2.57 bits per heavy atom. The van der Waals surface area contributed by atoms with E-state index < -0.39 is 21.2 Å². The first-order chi connectivity index (χ1) is 16.8. The molecule has 2 N–H and O–H groups in total. The number of sulfonamides is 1. The molecule has 0 aromatic carbocycles. The van der Waals surface area contributed by atoms with E-state index in [2.05, 4.69) is 35.0 Å². The molecule has 1 atom stereocenters. The van der Waals surface area contributed by atoms with Crippen LogP contribution in [0.15, 0.2) is 43.0 Å². The summed E-state index contributed by atoms with van der Waals surface area (Å²) in [5.41, 5.74) is 1.74. The summed E-state index contributed by atoms with van der Waals surface area (Å²) in [6.45, 7) is 6.13. The molecule has 35 heavy (non-hydrogen) atoms. The van der Waals surface area contributed by atoms with E-state index in [-0.39, 0.29) is 17.8 Å². The van der Waals surface area contributed by atoms with Crippen LogP contribution in [-0.2, 0) is 14.8 Å². The fraction of sp³-hybridized carbons (Fsp3) is 0.391. The van der Waals surface area contributed by atoms with Crippen molar-refractivity contribution in [1.29, 1.82) is 0 Å². The third-order valence-corrected chi connectivity index (χ3v) is 7.17. The minimum Gasteiger partial charge on any atom is -0.477 e. The molecule has 12 heteroatoms. The molecule has 0 radical (unpaired) electrons. The van der Waals surface area contributed by atoms with Crippen molar-refractivity contribution in [3.05, 3.63) is 48.7 Å². The lowest BCUT2D eigenvalue weighted by molar-refractivity contribution is -0.118. The van der Waals surface area contributed by atoms with Gasteiger partial charge in [-0.2, -0.15) is 0 Å². The van der Waals surface area contributed by atoms with Crippen LogP contribution in [0, 0.1) is 5.92 Å². The summed E-state index contributed by atoms with van der Waals surface area (Å²) in [7, 11) is -3.51. The van der Waals surface area contributed by atoms with Crippen molar-refractivity contribution in [2.45, 2.75) is 44.8 Å². The predicted octanol–water partition coefficient (Wildman–Crippen LogP) is 3.01. The average molecular weight is 498 g/mol. The molecule has 1 amide bonds. The monoisotopic (exact) mass is 497 g/mol. The fourth-order valence-corrected chi connectivity index (χ4v) is 4.77. The highest BCUT2D eigenvalue weighted by molar-refractivity contribution is 7.93. The molecule has 3 aromatic heterocycles. The number of amides is 1. The third kappa shape index (κ3) is 6.07. The van der Waals surface area contributed by atoms with E-state index in [0.717, 1.165) is 5.56 Å². The quantitative estimate of drug-likeness (QED) is 0.431. The Bertz CT molecular complexity index is 1300. The SMILES string of the molecule is CCOc1cncc(-c2ccc(NC(=O)C(c3ccnc(NS(=O)(=O)C4CC4)n3)C(C)C)nc2)n1. The molecule has 11 nitrogen and oxygen atoms in total. The number of carbonyl (C=O) groups is 1. The second-order valence-electron chi connectivity index (χ2n) is 8.47. The van der Waals surface area contributed by atoms with Crippen LogP contribution in [0.5, 0.6) is 5.88 Å².